The molecule has 3 amide bonds. The molecule has 8 heteroatoms. The van der Waals surface area contributed by atoms with E-state index in [9.17, 15) is 9.59 Å². The molecule has 4 N–H and O–H groups in total. The van der Waals surface area contributed by atoms with Crippen molar-refractivity contribution in [2.75, 3.05) is 35.9 Å². The van der Waals surface area contributed by atoms with Crippen LogP contribution in [-0.2, 0) is 9.53 Å². The number of hydrogen-bond donors (Lipinski definition) is 3. The molecule has 1 rings (SSSR count). The van der Waals surface area contributed by atoms with E-state index in [2.05, 4.69) is 10.6 Å². The van der Waals surface area contributed by atoms with Crippen LogP contribution in [0.1, 0.15) is 0 Å². The number of methoxy groups -OCH3 is 1. The summed E-state index contributed by atoms with van der Waals surface area (Å²) in [7, 11) is 1.61. The Balaban J connectivity index is 2.57. The van der Waals surface area contributed by atoms with E-state index in [4.69, 9.17) is 22.1 Å². The molecule has 0 aromatic heterocycles. The smallest absolute Gasteiger partial charge is 0.316 e. The molecule has 0 bridgehead atoms. The number of ether oxygens (including phenoxy) is 1. The van der Waals surface area contributed by atoms with E-state index in [0.717, 1.165) is 5.75 Å². The van der Waals surface area contributed by atoms with Gasteiger partial charge in [-0.15, -0.1) is 11.8 Å². The Hall–Kier alpha value is -1.44. The molecule has 0 spiro atoms. The maximum Gasteiger partial charge on any atom is 0.316 e. The maximum atomic E-state index is 11.7. The number of urea groups is 1. The highest BCUT2D eigenvalue weighted by Gasteiger charge is 2.08. The van der Waals surface area contributed by atoms with Crippen LogP contribution in [0, 0.1) is 0 Å². The summed E-state index contributed by atoms with van der Waals surface area (Å²) in [5.41, 5.74) is 5.91. The number of amides is 3. The Labute approximate surface area is 126 Å². The van der Waals surface area contributed by atoms with Crippen molar-refractivity contribution in [3.63, 3.8) is 0 Å². The van der Waals surface area contributed by atoms with E-state index in [1.807, 2.05) is 0 Å². The largest absolute Gasteiger partial charge is 0.384 e. The zero-order valence-electron chi connectivity index (χ0n) is 10.9. The minimum atomic E-state index is -0.681. The average molecular weight is 318 g/mol. The fourth-order valence-corrected chi connectivity index (χ4v) is 2.19. The number of benzene rings is 1. The van der Waals surface area contributed by atoms with E-state index in [-0.39, 0.29) is 5.91 Å². The fraction of sp³-hybridized carbons (Fsp3) is 0.333. The van der Waals surface area contributed by atoms with Crippen molar-refractivity contribution in [2.24, 2.45) is 5.73 Å². The molecule has 0 aliphatic heterocycles. The first-order valence-electron chi connectivity index (χ1n) is 5.75. The van der Waals surface area contributed by atoms with Gasteiger partial charge in [0.15, 0.2) is 0 Å². The number of nitrogens with one attached hydrogen (secondary N) is 2. The van der Waals surface area contributed by atoms with Crippen LogP contribution in [0.2, 0.25) is 5.02 Å². The first-order chi connectivity index (χ1) is 9.52. The number of halogens is 1. The third-order valence-corrected chi connectivity index (χ3v) is 3.42. The summed E-state index contributed by atoms with van der Waals surface area (Å²) < 4.78 is 4.89. The second-order valence-corrected chi connectivity index (χ2v) is 5.29. The molecule has 0 saturated carbocycles. The number of primary amides is 1. The van der Waals surface area contributed by atoms with E-state index in [0.29, 0.717) is 28.8 Å². The SMILES string of the molecule is COCCSCC(=O)Nc1cc(NC(N)=O)ccc1Cl. The summed E-state index contributed by atoms with van der Waals surface area (Å²) in [5, 5.41) is 5.47. The highest BCUT2D eigenvalue weighted by atomic mass is 35.5. The quantitative estimate of drug-likeness (QED) is 0.672. The number of nitrogens with two attached hydrogens (primary N) is 1. The van der Waals surface area contributed by atoms with Crippen molar-refractivity contribution in [3.8, 4) is 0 Å². The molecule has 110 valence electrons. The second-order valence-electron chi connectivity index (χ2n) is 3.78. The zero-order valence-corrected chi connectivity index (χ0v) is 12.5. The Morgan fingerprint density at radius 3 is 2.80 bits per heavy atom. The highest BCUT2D eigenvalue weighted by Crippen LogP contribution is 2.25. The van der Waals surface area contributed by atoms with Crippen molar-refractivity contribution in [2.45, 2.75) is 0 Å². The molecule has 0 saturated heterocycles. The Morgan fingerprint density at radius 2 is 2.15 bits per heavy atom. The summed E-state index contributed by atoms with van der Waals surface area (Å²) in [6, 6.07) is 4.03. The van der Waals surface area contributed by atoms with Gasteiger partial charge in [0.1, 0.15) is 0 Å². The lowest BCUT2D eigenvalue weighted by Gasteiger charge is -2.09. The molecular formula is C12H16ClN3O3S. The van der Waals surface area contributed by atoms with Gasteiger partial charge in [-0.2, -0.15) is 0 Å². The molecule has 1 aromatic rings. The second kappa shape index (κ2) is 8.68. The highest BCUT2D eigenvalue weighted by molar-refractivity contribution is 7.99. The van der Waals surface area contributed by atoms with Gasteiger partial charge in [0.05, 0.1) is 23.1 Å². The topological polar surface area (TPSA) is 93.4 Å². The van der Waals surface area contributed by atoms with Crippen LogP contribution in [0.4, 0.5) is 16.2 Å². The van der Waals surface area contributed by atoms with Gasteiger partial charge in [-0.1, -0.05) is 11.6 Å². The molecule has 0 atom stereocenters. The molecule has 1 aromatic carbocycles. The Morgan fingerprint density at radius 1 is 1.40 bits per heavy atom. The molecule has 0 radical (unpaired) electrons. The van der Waals surface area contributed by atoms with Gasteiger partial charge in [0.2, 0.25) is 5.91 Å². The lowest BCUT2D eigenvalue weighted by atomic mass is 10.2. The minimum absolute atomic E-state index is 0.177. The number of hydrogen-bond acceptors (Lipinski definition) is 4. The van der Waals surface area contributed by atoms with Crippen molar-refractivity contribution in [3.05, 3.63) is 23.2 Å². The van der Waals surface area contributed by atoms with E-state index < -0.39 is 6.03 Å². The van der Waals surface area contributed by atoms with Crippen LogP contribution in [0.3, 0.4) is 0 Å². The maximum absolute atomic E-state index is 11.7. The van der Waals surface area contributed by atoms with Crippen LogP contribution in [0.15, 0.2) is 18.2 Å². The fourth-order valence-electron chi connectivity index (χ4n) is 1.33. The standard InChI is InChI=1S/C12H16ClN3O3S/c1-19-4-5-20-7-11(17)16-10-6-8(15-12(14)18)2-3-9(10)13/h2-3,6H,4-5,7H2,1H3,(H,16,17)(H3,14,15,18). The van der Waals surface area contributed by atoms with Crippen LogP contribution in [0.5, 0.6) is 0 Å². The number of rotatable bonds is 7. The molecule has 0 unspecified atom stereocenters. The predicted molar refractivity (Wildman–Crippen MR) is 82.5 cm³/mol. The van der Waals surface area contributed by atoms with Gasteiger partial charge in [-0.25, -0.2) is 4.79 Å². The van der Waals surface area contributed by atoms with E-state index >= 15 is 0 Å². The first-order valence-corrected chi connectivity index (χ1v) is 7.28. The van der Waals surface area contributed by atoms with Gasteiger partial charge in [-0.05, 0) is 18.2 Å². The Kier molecular flexibility index (Phi) is 7.21. The minimum Gasteiger partial charge on any atom is -0.384 e. The molecule has 0 heterocycles. The van der Waals surface area contributed by atoms with E-state index in [1.54, 1.807) is 25.3 Å². The average Bonchev–Trinajstić information content (AvgIpc) is 2.38. The molecule has 0 fully saturated rings. The van der Waals surface area contributed by atoms with Crippen molar-refractivity contribution in [1.82, 2.24) is 0 Å². The van der Waals surface area contributed by atoms with Crippen LogP contribution in [0.25, 0.3) is 0 Å². The molecule has 0 aliphatic rings. The van der Waals surface area contributed by atoms with Crippen molar-refractivity contribution in [1.29, 1.82) is 0 Å². The van der Waals surface area contributed by atoms with Crippen LogP contribution in [-0.4, -0.2) is 37.2 Å². The van der Waals surface area contributed by atoms with Crippen molar-refractivity contribution >= 4 is 46.7 Å². The predicted octanol–water partition coefficient (Wildman–Crippen LogP) is 2.15. The third-order valence-electron chi connectivity index (χ3n) is 2.17. The Bertz CT molecular complexity index is 485. The molecule has 20 heavy (non-hydrogen) atoms. The summed E-state index contributed by atoms with van der Waals surface area (Å²) in [5.74, 6) is 0.859. The lowest BCUT2D eigenvalue weighted by molar-refractivity contribution is -0.113. The van der Waals surface area contributed by atoms with Gasteiger partial charge in [-0.3, -0.25) is 4.79 Å². The number of anilines is 2. The van der Waals surface area contributed by atoms with Gasteiger partial charge < -0.3 is 21.1 Å². The van der Waals surface area contributed by atoms with Crippen LogP contribution >= 0.6 is 23.4 Å². The monoisotopic (exact) mass is 317 g/mol. The number of carbonyl (C=O) groups excluding carboxylic acids is 2. The van der Waals surface area contributed by atoms with Gasteiger partial charge in [0, 0.05) is 18.6 Å². The summed E-state index contributed by atoms with van der Waals surface area (Å²) in [4.78, 5) is 22.5. The van der Waals surface area contributed by atoms with E-state index in [1.165, 1.54) is 11.8 Å². The summed E-state index contributed by atoms with van der Waals surface area (Å²) in [6.45, 7) is 0.594. The summed E-state index contributed by atoms with van der Waals surface area (Å²) >= 11 is 7.43. The van der Waals surface area contributed by atoms with Gasteiger partial charge in [0.25, 0.3) is 0 Å². The zero-order chi connectivity index (χ0) is 15.0. The third kappa shape index (κ3) is 6.14. The number of thioether (sulfide) groups is 1. The van der Waals surface area contributed by atoms with Crippen LogP contribution < -0.4 is 16.4 Å². The van der Waals surface area contributed by atoms with Gasteiger partial charge >= 0.3 is 6.03 Å². The summed E-state index contributed by atoms with van der Waals surface area (Å²) in [6.07, 6.45) is 0. The molecule has 0 aliphatic carbocycles. The van der Waals surface area contributed by atoms with Crippen molar-refractivity contribution < 1.29 is 14.3 Å². The first kappa shape index (κ1) is 16.6. The normalized spacial score (nSPS) is 10.1. The molecular weight excluding hydrogens is 302 g/mol. The molecule has 6 nitrogen and oxygen atoms in total. The number of carbonyl (C=O) groups is 2. The lowest BCUT2D eigenvalue weighted by Crippen LogP contribution is -2.20.